The van der Waals surface area contributed by atoms with Crippen molar-refractivity contribution in [3.05, 3.63) is 23.8 Å². The van der Waals surface area contributed by atoms with Crippen molar-refractivity contribution in [1.82, 2.24) is 0 Å². The Morgan fingerprint density at radius 1 is 1.25 bits per heavy atom. The highest BCUT2D eigenvalue weighted by Crippen LogP contribution is 2.54. The molecule has 1 saturated heterocycles. The number of piperidine rings is 1. The molecule has 1 atom stereocenters. The Hall–Kier alpha value is -1.56. The monoisotopic (exact) mass is 348 g/mol. The van der Waals surface area contributed by atoms with Gasteiger partial charge in [-0.2, -0.15) is 0 Å². The molecule has 6 heteroatoms. The van der Waals surface area contributed by atoms with Crippen molar-refractivity contribution in [3.8, 4) is 0 Å². The van der Waals surface area contributed by atoms with Crippen LogP contribution in [0.25, 0.3) is 0 Å². The maximum atomic E-state index is 12.8. The Kier molecular flexibility index (Phi) is 3.64. The number of nitrogens with zero attached hydrogens (tertiary/aromatic N) is 1. The molecule has 1 aliphatic heterocycles. The predicted molar refractivity (Wildman–Crippen MR) is 93.0 cm³/mol. The molecular weight excluding hydrogens is 324 g/mol. The summed E-state index contributed by atoms with van der Waals surface area (Å²) in [5, 5.41) is -0.0228. The van der Waals surface area contributed by atoms with Crippen molar-refractivity contribution in [3.63, 3.8) is 0 Å². The van der Waals surface area contributed by atoms with E-state index in [9.17, 15) is 9.00 Å². The standard InChI is InChI=1S/C18H24N2O3S/c1-23-17(21)15-5-4-14(24(19,22)13-2-3-13)12-16(15)20-10-8-18(6-7-18)9-11-20/h4-5,12-13,19H,2-3,6-11H2,1H3. The number of nitrogens with one attached hydrogen (secondary N) is 1. The molecule has 2 saturated carbocycles. The third kappa shape index (κ3) is 2.70. The van der Waals surface area contributed by atoms with Gasteiger partial charge in [0.05, 0.1) is 28.1 Å². The molecule has 0 bridgehead atoms. The molecule has 1 N–H and O–H groups in total. The van der Waals surface area contributed by atoms with E-state index in [1.165, 1.54) is 20.0 Å². The maximum Gasteiger partial charge on any atom is 0.339 e. The number of carbonyl (C=O) groups excluding carboxylic acids is 1. The summed E-state index contributed by atoms with van der Waals surface area (Å²) in [6.45, 7) is 1.83. The summed E-state index contributed by atoms with van der Waals surface area (Å²) in [6, 6.07) is 5.18. The molecule has 3 fully saturated rings. The minimum Gasteiger partial charge on any atom is -0.465 e. The van der Waals surface area contributed by atoms with Crippen molar-refractivity contribution >= 4 is 21.4 Å². The van der Waals surface area contributed by atoms with Crippen LogP contribution in [0.3, 0.4) is 0 Å². The van der Waals surface area contributed by atoms with Crippen LogP contribution >= 0.6 is 0 Å². The highest BCUT2D eigenvalue weighted by Gasteiger charge is 2.45. The Labute approximate surface area is 143 Å². The minimum atomic E-state index is -2.77. The number of rotatable bonds is 4. The second-order valence-electron chi connectivity index (χ2n) is 7.46. The Balaban J connectivity index is 1.69. The lowest BCUT2D eigenvalue weighted by Crippen LogP contribution is -2.35. The zero-order valence-corrected chi connectivity index (χ0v) is 14.9. The molecule has 0 aromatic heterocycles. The first-order chi connectivity index (χ1) is 11.5. The molecule has 3 aliphatic rings. The van der Waals surface area contributed by atoms with Crippen molar-refractivity contribution in [1.29, 1.82) is 4.78 Å². The molecule has 24 heavy (non-hydrogen) atoms. The van der Waals surface area contributed by atoms with Gasteiger partial charge in [-0.1, -0.05) is 0 Å². The molecule has 0 radical (unpaired) electrons. The highest BCUT2D eigenvalue weighted by molar-refractivity contribution is 7.93. The van der Waals surface area contributed by atoms with Gasteiger partial charge in [-0.25, -0.2) is 13.8 Å². The lowest BCUT2D eigenvalue weighted by molar-refractivity contribution is 0.0601. The van der Waals surface area contributed by atoms with Crippen LogP contribution < -0.4 is 4.90 Å². The second kappa shape index (κ2) is 5.48. The van der Waals surface area contributed by atoms with Crippen molar-refractivity contribution in [2.24, 2.45) is 5.41 Å². The van der Waals surface area contributed by atoms with Gasteiger partial charge in [0.1, 0.15) is 0 Å². The summed E-state index contributed by atoms with van der Waals surface area (Å²) in [6.07, 6.45) is 6.68. The number of ether oxygens (including phenoxy) is 1. The third-order valence-corrected chi connectivity index (χ3v) is 8.20. The summed E-state index contributed by atoms with van der Waals surface area (Å²) in [7, 11) is -1.38. The zero-order chi connectivity index (χ0) is 16.9. The van der Waals surface area contributed by atoms with E-state index in [4.69, 9.17) is 9.52 Å². The van der Waals surface area contributed by atoms with Gasteiger partial charge in [0, 0.05) is 23.2 Å². The number of esters is 1. The smallest absolute Gasteiger partial charge is 0.339 e. The van der Waals surface area contributed by atoms with E-state index in [1.807, 2.05) is 6.07 Å². The van der Waals surface area contributed by atoms with Gasteiger partial charge in [0.15, 0.2) is 0 Å². The molecule has 0 amide bonds. The van der Waals surface area contributed by atoms with E-state index in [2.05, 4.69) is 4.90 Å². The van der Waals surface area contributed by atoms with E-state index in [1.54, 1.807) is 12.1 Å². The average Bonchev–Trinajstić information content (AvgIpc) is 3.50. The van der Waals surface area contributed by atoms with Crippen LogP contribution in [-0.4, -0.2) is 35.6 Å². The minimum absolute atomic E-state index is 0.0228. The fraction of sp³-hybridized carbons (Fsp3) is 0.611. The van der Waals surface area contributed by atoms with Gasteiger partial charge in [-0.15, -0.1) is 0 Å². The summed E-state index contributed by atoms with van der Waals surface area (Å²) in [5.74, 6) is -0.369. The van der Waals surface area contributed by atoms with Gasteiger partial charge in [-0.3, -0.25) is 0 Å². The first-order valence-corrected chi connectivity index (χ1v) is 10.3. The number of methoxy groups -OCH3 is 1. The number of hydrogen-bond donors (Lipinski definition) is 1. The molecule has 1 spiro atoms. The van der Waals surface area contributed by atoms with Gasteiger partial charge in [0.2, 0.25) is 0 Å². The highest BCUT2D eigenvalue weighted by atomic mass is 32.2. The van der Waals surface area contributed by atoms with Crippen LogP contribution in [-0.2, 0) is 14.5 Å². The lowest BCUT2D eigenvalue weighted by atomic mass is 9.93. The summed E-state index contributed by atoms with van der Waals surface area (Å²) in [5.41, 5.74) is 1.85. The molecule has 1 unspecified atom stereocenters. The first kappa shape index (κ1) is 15.9. The largest absolute Gasteiger partial charge is 0.465 e. The number of hydrogen-bond acceptors (Lipinski definition) is 5. The van der Waals surface area contributed by atoms with Gasteiger partial charge >= 0.3 is 5.97 Å². The molecule has 1 aromatic rings. The first-order valence-electron chi connectivity index (χ1n) is 8.70. The molecule has 1 aromatic carbocycles. The van der Waals surface area contributed by atoms with Crippen LogP contribution in [0.15, 0.2) is 23.1 Å². The molecule has 5 nitrogen and oxygen atoms in total. The van der Waals surface area contributed by atoms with Gasteiger partial charge in [-0.05, 0) is 62.1 Å². The Morgan fingerprint density at radius 2 is 1.92 bits per heavy atom. The summed E-state index contributed by atoms with van der Waals surface area (Å²) >= 11 is 0. The van der Waals surface area contributed by atoms with Crippen molar-refractivity contribution in [2.45, 2.75) is 48.7 Å². The van der Waals surface area contributed by atoms with Gasteiger partial charge < -0.3 is 9.64 Å². The van der Waals surface area contributed by atoms with Crippen molar-refractivity contribution < 1.29 is 13.7 Å². The lowest BCUT2D eigenvalue weighted by Gasteiger charge is -2.35. The SMILES string of the molecule is COC(=O)c1ccc(S(=N)(=O)C2CC2)cc1N1CCC2(CC1)CC2. The van der Waals surface area contributed by atoms with E-state index in [0.717, 1.165) is 44.5 Å². The quantitative estimate of drug-likeness (QED) is 0.847. The maximum absolute atomic E-state index is 12.8. The zero-order valence-electron chi connectivity index (χ0n) is 14.0. The molecule has 130 valence electrons. The van der Waals surface area contributed by atoms with Crippen molar-refractivity contribution in [2.75, 3.05) is 25.1 Å². The van der Waals surface area contributed by atoms with Gasteiger partial charge in [0.25, 0.3) is 0 Å². The van der Waals surface area contributed by atoms with E-state index < -0.39 is 9.73 Å². The molecule has 1 heterocycles. The number of carbonyl (C=O) groups is 1. The summed E-state index contributed by atoms with van der Waals surface area (Å²) in [4.78, 5) is 14.9. The second-order valence-corrected chi connectivity index (χ2v) is 9.80. The topological polar surface area (TPSA) is 70.5 Å². The Bertz CT molecular complexity index is 769. The third-order valence-electron chi connectivity index (χ3n) is 5.84. The van der Waals surface area contributed by atoms with E-state index >= 15 is 0 Å². The van der Waals surface area contributed by atoms with Crippen LogP contribution in [0.2, 0.25) is 0 Å². The fourth-order valence-electron chi connectivity index (χ4n) is 3.74. The molecule has 2 aliphatic carbocycles. The van der Waals surface area contributed by atoms with Crippen LogP contribution in [0.5, 0.6) is 0 Å². The number of anilines is 1. The van der Waals surface area contributed by atoms with Crippen LogP contribution in [0, 0.1) is 10.2 Å². The molecular formula is C18H24N2O3S. The fourth-order valence-corrected chi connectivity index (χ4v) is 5.48. The van der Waals surface area contributed by atoms with Crippen LogP contribution in [0.1, 0.15) is 48.9 Å². The van der Waals surface area contributed by atoms with Crippen LogP contribution in [0.4, 0.5) is 5.69 Å². The normalized spacial score (nSPS) is 24.5. The van der Waals surface area contributed by atoms with E-state index in [0.29, 0.717) is 15.9 Å². The van der Waals surface area contributed by atoms with E-state index in [-0.39, 0.29) is 11.2 Å². The molecule has 4 rings (SSSR count). The predicted octanol–water partition coefficient (Wildman–Crippen LogP) is 3.42. The summed E-state index contributed by atoms with van der Waals surface area (Å²) < 4.78 is 26.0. The average molecular weight is 348 g/mol. The number of benzene rings is 1. The Morgan fingerprint density at radius 3 is 2.46 bits per heavy atom.